The number of aromatic nitrogens is 1. The van der Waals surface area contributed by atoms with Crippen molar-refractivity contribution in [2.45, 2.75) is 46.7 Å². The first-order valence-corrected chi connectivity index (χ1v) is 10.0. The zero-order valence-corrected chi connectivity index (χ0v) is 18.2. The molecular weight excluding hydrogens is 400 g/mol. The Hall–Kier alpha value is -3.42. The van der Waals surface area contributed by atoms with Crippen LogP contribution in [0.4, 0.5) is 8.78 Å². The van der Waals surface area contributed by atoms with Gasteiger partial charge in [-0.3, -0.25) is 15.2 Å². The zero-order valence-electron chi connectivity index (χ0n) is 18.2. The van der Waals surface area contributed by atoms with Gasteiger partial charge in [-0.25, -0.2) is 13.8 Å². The van der Waals surface area contributed by atoms with Crippen LogP contribution in [0.3, 0.4) is 0 Å². The van der Waals surface area contributed by atoms with Crippen LogP contribution in [0.5, 0.6) is 0 Å². The first-order valence-electron chi connectivity index (χ1n) is 10.0. The second kappa shape index (κ2) is 11.1. The number of amidine groups is 1. The highest BCUT2D eigenvalue weighted by atomic mass is 19.2. The average molecular weight is 427 g/mol. The van der Waals surface area contributed by atoms with Gasteiger partial charge in [0.1, 0.15) is 5.83 Å². The minimum Gasteiger partial charge on any atom is -0.298 e. The Kier molecular flexibility index (Phi) is 8.54. The molecule has 1 N–H and O–H groups in total. The number of aryl methyl sites for hydroxylation is 1. The van der Waals surface area contributed by atoms with Gasteiger partial charge in [-0.05, 0) is 26.0 Å². The third kappa shape index (κ3) is 5.39. The lowest BCUT2D eigenvalue weighted by Crippen LogP contribution is -2.39. The van der Waals surface area contributed by atoms with E-state index in [0.717, 1.165) is 13.2 Å². The van der Waals surface area contributed by atoms with Crippen LogP contribution in [0.2, 0.25) is 0 Å². The standard InChI is InChI=1S/C19H17F2N5O.C4H10/c1-4-5-16(17(21)11(2)20)19-25-24-18-15(6-7-23-26(18)19)13-8-14(10-27)12(3)22-9-13;1-3-4-2/h4-10,19,25H,1H2,2-3H3;3-4H2,1-2H3/b16-5+,17-11-;. The molecule has 0 radical (unpaired) electrons. The van der Waals surface area contributed by atoms with Crippen LogP contribution in [-0.4, -0.2) is 34.5 Å². The van der Waals surface area contributed by atoms with Gasteiger partial charge < -0.3 is 0 Å². The minimum absolute atomic E-state index is 0.0118. The van der Waals surface area contributed by atoms with E-state index in [9.17, 15) is 13.6 Å². The summed E-state index contributed by atoms with van der Waals surface area (Å²) in [4.78, 5) is 15.4. The van der Waals surface area contributed by atoms with Gasteiger partial charge >= 0.3 is 0 Å². The molecule has 0 aliphatic carbocycles. The summed E-state index contributed by atoms with van der Waals surface area (Å²) in [7, 11) is 0. The summed E-state index contributed by atoms with van der Waals surface area (Å²) in [5.41, 5.74) is 5.16. The molecule has 2 aliphatic heterocycles. The summed E-state index contributed by atoms with van der Waals surface area (Å²) >= 11 is 0. The van der Waals surface area contributed by atoms with Crippen molar-refractivity contribution in [1.82, 2.24) is 15.4 Å². The predicted molar refractivity (Wildman–Crippen MR) is 121 cm³/mol. The molecule has 3 heterocycles. The summed E-state index contributed by atoms with van der Waals surface area (Å²) in [6.45, 7) is 10.7. The predicted octanol–water partition coefficient (Wildman–Crippen LogP) is 5.22. The lowest BCUT2D eigenvalue weighted by atomic mass is 10.0. The highest BCUT2D eigenvalue weighted by Gasteiger charge is 2.36. The van der Waals surface area contributed by atoms with Gasteiger partial charge in [0.2, 0.25) is 0 Å². The number of allylic oxidation sites excluding steroid dienone is 4. The zero-order chi connectivity index (χ0) is 23.0. The highest BCUT2D eigenvalue weighted by Crippen LogP contribution is 2.31. The Bertz CT molecular complexity index is 986. The van der Waals surface area contributed by atoms with Gasteiger partial charge in [0.25, 0.3) is 0 Å². The molecule has 0 fully saturated rings. The number of hydrogen-bond donors (Lipinski definition) is 1. The number of pyridine rings is 1. The molecular formula is C23H27F2N5O. The van der Waals surface area contributed by atoms with Crippen molar-refractivity contribution < 1.29 is 13.6 Å². The number of halogens is 2. The molecule has 3 rings (SSSR count). The Labute approximate surface area is 181 Å². The van der Waals surface area contributed by atoms with E-state index >= 15 is 0 Å². The molecule has 1 atom stereocenters. The summed E-state index contributed by atoms with van der Waals surface area (Å²) in [5.74, 6) is -1.55. The number of fused-ring (bicyclic) bond motifs is 1. The fraction of sp³-hybridized carbons (Fsp3) is 0.304. The van der Waals surface area contributed by atoms with Crippen LogP contribution in [0.25, 0.3) is 5.57 Å². The summed E-state index contributed by atoms with van der Waals surface area (Å²) in [6.07, 6.45) is 10.1. The highest BCUT2D eigenvalue weighted by molar-refractivity contribution is 6.26. The molecule has 0 saturated heterocycles. The van der Waals surface area contributed by atoms with Crippen molar-refractivity contribution in [2.24, 2.45) is 10.2 Å². The maximum atomic E-state index is 14.3. The van der Waals surface area contributed by atoms with Crippen LogP contribution in [0.15, 0.2) is 64.5 Å². The first-order chi connectivity index (χ1) is 14.9. The van der Waals surface area contributed by atoms with Crippen molar-refractivity contribution in [2.75, 3.05) is 0 Å². The normalized spacial score (nSPS) is 18.1. The number of carbonyl (C=O) groups excluding carboxylic acids is 1. The number of aldehydes is 1. The van der Waals surface area contributed by atoms with Crippen molar-refractivity contribution in [1.29, 1.82) is 0 Å². The fourth-order valence-electron chi connectivity index (χ4n) is 2.76. The van der Waals surface area contributed by atoms with Crippen LogP contribution in [0.1, 0.15) is 55.2 Å². The number of unbranched alkanes of at least 4 members (excludes halogenated alkanes) is 1. The van der Waals surface area contributed by atoms with Crippen LogP contribution in [0, 0.1) is 6.92 Å². The summed E-state index contributed by atoms with van der Waals surface area (Å²) in [6, 6.07) is 1.70. The topological polar surface area (TPSA) is 70.0 Å². The number of hydrazone groups is 2. The van der Waals surface area contributed by atoms with Crippen molar-refractivity contribution in [3.05, 3.63) is 71.1 Å². The minimum atomic E-state index is -1.00. The molecule has 0 amide bonds. The molecule has 1 aromatic rings. The maximum Gasteiger partial charge on any atom is 0.179 e. The smallest absolute Gasteiger partial charge is 0.179 e. The first kappa shape index (κ1) is 23.9. The second-order valence-corrected chi connectivity index (χ2v) is 6.88. The van der Waals surface area contributed by atoms with Crippen molar-refractivity contribution in [3.63, 3.8) is 0 Å². The number of nitrogens with one attached hydrogen (secondary N) is 1. The van der Waals surface area contributed by atoms with E-state index in [0.29, 0.717) is 28.2 Å². The van der Waals surface area contributed by atoms with Crippen molar-refractivity contribution in [3.8, 4) is 0 Å². The SMILES string of the molecule is C=C/C=C(\C(F)=C(/C)F)C1NN=C2C(c3cnc(C)c(C=O)c3)=CC=NN21.CCCC. The molecule has 1 aromatic heterocycles. The molecule has 8 heteroatoms. The Morgan fingerprint density at radius 3 is 2.61 bits per heavy atom. The molecule has 0 spiro atoms. The number of hydrogen-bond acceptors (Lipinski definition) is 6. The maximum absolute atomic E-state index is 14.3. The van der Waals surface area contributed by atoms with E-state index in [4.69, 9.17) is 0 Å². The largest absolute Gasteiger partial charge is 0.298 e. The van der Waals surface area contributed by atoms with E-state index < -0.39 is 17.8 Å². The number of nitrogens with zero attached hydrogens (tertiary/aromatic N) is 4. The molecule has 31 heavy (non-hydrogen) atoms. The quantitative estimate of drug-likeness (QED) is 0.499. The summed E-state index contributed by atoms with van der Waals surface area (Å²) < 4.78 is 27.8. The van der Waals surface area contributed by atoms with Gasteiger partial charge in [-0.2, -0.15) is 10.2 Å². The molecule has 6 nitrogen and oxygen atoms in total. The Balaban J connectivity index is 0.000000785. The Morgan fingerprint density at radius 1 is 1.32 bits per heavy atom. The fourth-order valence-corrected chi connectivity index (χ4v) is 2.76. The van der Waals surface area contributed by atoms with Crippen molar-refractivity contribution >= 4 is 23.9 Å². The lowest BCUT2D eigenvalue weighted by molar-refractivity contribution is 0.112. The molecule has 164 valence electrons. The third-order valence-electron chi connectivity index (χ3n) is 4.64. The number of carbonyl (C=O) groups is 1. The van der Waals surface area contributed by atoms with E-state index in [1.165, 1.54) is 36.2 Å². The molecule has 0 bridgehead atoms. The second-order valence-electron chi connectivity index (χ2n) is 6.88. The van der Waals surface area contributed by atoms with Crippen LogP contribution >= 0.6 is 0 Å². The van der Waals surface area contributed by atoms with E-state index in [-0.39, 0.29) is 5.57 Å². The van der Waals surface area contributed by atoms with E-state index in [1.54, 1.807) is 25.3 Å². The van der Waals surface area contributed by atoms with E-state index in [2.05, 4.69) is 41.0 Å². The Morgan fingerprint density at radius 2 is 2.03 bits per heavy atom. The molecule has 1 unspecified atom stereocenters. The molecule has 0 saturated carbocycles. The summed E-state index contributed by atoms with van der Waals surface area (Å²) in [5, 5.41) is 9.88. The van der Waals surface area contributed by atoms with Crippen LogP contribution < -0.4 is 5.43 Å². The van der Waals surface area contributed by atoms with Crippen LogP contribution in [-0.2, 0) is 0 Å². The lowest BCUT2D eigenvalue weighted by Gasteiger charge is -2.26. The molecule has 2 aliphatic rings. The monoisotopic (exact) mass is 427 g/mol. The van der Waals surface area contributed by atoms with E-state index in [1.807, 2.05) is 0 Å². The van der Waals surface area contributed by atoms with Gasteiger partial charge in [-0.1, -0.05) is 45.4 Å². The average Bonchev–Trinajstić information content (AvgIpc) is 3.21. The number of rotatable bonds is 6. The van der Waals surface area contributed by atoms with Gasteiger partial charge in [0.15, 0.2) is 24.1 Å². The van der Waals surface area contributed by atoms with Gasteiger partial charge in [0, 0.05) is 40.4 Å². The van der Waals surface area contributed by atoms with Gasteiger partial charge in [0.05, 0.1) is 0 Å². The third-order valence-corrected chi connectivity index (χ3v) is 4.64. The van der Waals surface area contributed by atoms with Gasteiger partial charge in [-0.15, -0.1) is 0 Å². The molecule has 0 aromatic carbocycles.